The molecule has 90 valence electrons. The third kappa shape index (κ3) is 1.98. The predicted octanol–water partition coefficient (Wildman–Crippen LogP) is 3.59. The SMILES string of the molecule is Cc1sccc1C(C)(O)c1cccc(F)c1F. The number of thiophene rings is 1. The van der Waals surface area contributed by atoms with Gasteiger partial charge in [0, 0.05) is 16.0 Å². The quantitative estimate of drug-likeness (QED) is 0.868. The molecule has 1 nitrogen and oxygen atoms in total. The van der Waals surface area contributed by atoms with Crippen LogP contribution in [0.15, 0.2) is 29.6 Å². The Labute approximate surface area is 102 Å². The molecule has 0 fully saturated rings. The highest BCUT2D eigenvalue weighted by atomic mass is 32.1. The summed E-state index contributed by atoms with van der Waals surface area (Å²) in [6.45, 7) is 3.31. The zero-order chi connectivity index (χ0) is 12.6. The molecule has 0 amide bonds. The molecule has 0 aliphatic carbocycles. The second kappa shape index (κ2) is 4.20. The van der Waals surface area contributed by atoms with E-state index in [0.717, 1.165) is 10.9 Å². The van der Waals surface area contributed by atoms with E-state index in [2.05, 4.69) is 0 Å². The van der Waals surface area contributed by atoms with Crippen LogP contribution in [0.4, 0.5) is 8.78 Å². The summed E-state index contributed by atoms with van der Waals surface area (Å²) in [6.07, 6.45) is 0. The first kappa shape index (κ1) is 12.2. The zero-order valence-corrected chi connectivity index (χ0v) is 10.3. The molecule has 1 heterocycles. The minimum atomic E-state index is -1.52. The molecule has 4 heteroatoms. The first-order valence-corrected chi connectivity index (χ1v) is 6.04. The van der Waals surface area contributed by atoms with Gasteiger partial charge in [0.1, 0.15) is 5.60 Å². The molecule has 2 rings (SSSR count). The van der Waals surface area contributed by atoms with Gasteiger partial charge in [-0.1, -0.05) is 12.1 Å². The van der Waals surface area contributed by atoms with Gasteiger partial charge >= 0.3 is 0 Å². The average molecular weight is 254 g/mol. The smallest absolute Gasteiger partial charge is 0.165 e. The Kier molecular flexibility index (Phi) is 3.02. The molecule has 1 N–H and O–H groups in total. The van der Waals surface area contributed by atoms with Crippen LogP contribution in [0.1, 0.15) is 22.9 Å². The highest BCUT2D eigenvalue weighted by Crippen LogP contribution is 2.35. The minimum absolute atomic E-state index is 0.0426. The lowest BCUT2D eigenvalue weighted by atomic mass is 9.88. The van der Waals surface area contributed by atoms with Crippen LogP contribution in [-0.4, -0.2) is 5.11 Å². The third-order valence-corrected chi connectivity index (χ3v) is 3.70. The Morgan fingerprint density at radius 2 is 1.88 bits per heavy atom. The molecule has 0 bridgehead atoms. The lowest BCUT2D eigenvalue weighted by Crippen LogP contribution is -2.25. The lowest BCUT2D eigenvalue weighted by Gasteiger charge is -2.24. The summed E-state index contributed by atoms with van der Waals surface area (Å²) in [7, 11) is 0. The van der Waals surface area contributed by atoms with E-state index >= 15 is 0 Å². The molecule has 0 spiro atoms. The molecule has 1 atom stereocenters. The van der Waals surface area contributed by atoms with E-state index in [1.54, 1.807) is 6.07 Å². The predicted molar refractivity (Wildman–Crippen MR) is 64.1 cm³/mol. The third-order valence-electron chi connectivity index (χ3n) is 2.86. The maximum absolute atomic E-state index is 13.7. The van der Waals surface area contributed by atoms with E-state index in [4.69, 9.17) is 0 Å². The number of halogens is 2. The van der Waals surface area contributed by atoms with Crippen molar-refractivity contribution in [2.24, 2.45) is 0 Å². The molecule has 1 aromatic heterocycles. The van der Waals surface area contributed by atoms with Crippen LogP contribution in [0, 0.1) is 18.6 Å². The molecule has 2 aromatic rings. The molecule has 1 unspecified atom stereocenters. The van der Waals surface area contributed by atoms with Crippen molar-refractivity contribution in [1.29, 1.82) is 0 Å². The van der Waals surface area contributed by atoms with Gasteiger partial charge in [0.15, 0.2) is 11.6 Å². The van der Waals surface area contributed by atoms with Crippen molar-refractivity contribution < 1.29 is 13.9 Å². The van der Waals surface area contributed by atoms with Crippen molar-refractivity contribution in [3.63, 3.8) is 0 Å². The topological polar surface area (TPSA) is 20.2 Å². The van der Waals surface area contributed by atoms with Gasteiger partial charge in [0.05, 0.1) is 0 Å². The van der Waals surface area contributed by atoms with Gasteiger partial charge in [-0.15, -0.1) is 11.3 Å². The van der Waals surface area contributed by atoms with Crippen LogP contribution >= 0.6 is 11.3 Å². The summed E-state index contributed by atoms with van der Waals surface area (Å²) >= 11 is 1.46. The molecule has 17 heavy (non-hydrogen) atoms. The number of hydrogen-bond acceptors (Lipinski definition) is 2. The van der Waals surface area contributed by atoms with Crippen LogP contribution in [-0.2, 0) is 5.60 Å². The fourth-order valence-electron chi connectivity index (χ4n) is 1.91. The molecule has 0 aliphatic heterocycles. The number of rotatable bonds is 2. The Hall–Kier alpha value is -1.26. The van der Waals surface area contributed by atoms with E-state index in [1.165, 1.54) is 30.4 Å². The largest absolute Gasteiger partial charge is 0.381 e. The van der Waals surface area contributed by atoms with Gasteiger partial charge in [-0.3, -0.25) is 0 Å². The summed E-state index contributed by atoms with van der Waals surface area (Å²) in [4.78, 5) is 0.888. The van der Waals surface area contributed by atoms with Crippen molar-refractivity contribution in [3.8, 4) is 0 Å². The van der Waals surface area contributed by atoms with Crippen molar-refractivity contribution >= 4 is 11.3 Å². The van der Waals surface area contributed by atoms with Crippen molar-refractivity contribution in [3.05, 3.63) is 57.3 Å². The van der Waals surface area contributed by atoms with Crippen molar-refractivity contribution in [1.82, 2.24) is 0 Å². The van der Waals surface area contributed by atoms with Gasteiger partial charge in [-0.05, 0) is 31.4 Å². The Bertz CT molecular complexity index is 546. The van der Waals surface area contributed by atoms with E-state index in [-0.39, 0.29) is 5.56 Å². The van der Waals surface area contributed by atoms with Crippen LogP contribution in [0.2, 0.25) is 0 Å². The molecular weight excluding hydrogens is 242 g/mol. The van der Waals surface area contributed by atoms with Gasteiger partial charge < -0.3 is 5.11 Å². The summed E-state index contributed by atoms with van der Waals surface area (Å²) in [5.74, 6) is -1.95. The first-order valence-electron chi connectivity index (χ1n) is 5.16. The fraction of sp³-hybridized carbons (Fsp3) is 0.231. The summed E-state index contributed by atoms with van der Waals surface area (Å²) < 4.78 is 26.9. The van der Waals surface area contributed by atoms with Crippen LogP contribution in [0.3, 0.4) is 0 Å². The lowest BCUT2D eigenvalue weighted by molar-refractivity contribution is 0.0969. The van der Waals surface area contributed by atoms with Crippen molar-refractivity contribution in [2.75, 3.05) is 0 Å². The molecule has 0 saturated heterocycles. The van der Waals surface area contributed by atoms with Gasteiger partial charge in [0.2, 0.25) is 0 Å². The Morgan fingerprint density at radius 1 is 1.18 bits per heavy atom. The van der Waals surface area contributed by atoms with Gasteiger partial charge in [-0.25, -0.2) is 8.78 Å². The molecule has 0 radical (unpaired) electrons. The Balaban J connectivity index is 2.60. The zero-order valence-electron chi connectivity index (χ0n) is 9.50. The average Bonchev–Trinajstić information content (AvgIpc) is 2.69. The Morgan fingerprint density at radius 3 is 2.47 bits per heavy atom. The molecule has 0 aliphatic rings. The maximum Gasteiger partial charge on any atom is 0.165 e. The number of hydrogen-bond donors (Lipinski definition) is 1. The minimum Gasteiger partial charge on any atom is -0.381 e. The second-order valence-electron chi connectivity index (χ2n) is 4.06. The van der Waals surface area contributed by atoms with E-state index in [0.29, 0.717) is 5.56 Å². The highest BCUT2D eigenvalue weighted by Gasteiger charge is 2.31. The molecule has 1 aromatic carbocycles. The molecule has 0 saturated carbocycles. The summed E-state index contributed by atoms with van der Waals surface area (Å²) in [5.41, 5.74) is -0.956. The van der Waals surface area contributed by atoms with E-state index < -0.39 is 17.2 Å². The first-order chi connectivity index (χ1) is 7.94. The normalized spacial score (nSPS) is 14.6. The van der Waals surface area contributed by atoms with E-state index in [9.17, 15) is 13.9 Å². The van der Waals surface area contributed by atoms with Crippen LogP contribution in [0.5, 0.6) is 0 Å². The maximum atomic E-state index is 13.7. The van der Waals surface area contributed by atoms with E-state index in [1.807, 2.05) is 12.3 Å². The van der Waals surface area contributed by atoms with Gasteiger partial charge in [0.25, 0.3) is 0 Å². The second-order valence-corrected chi connectivity index (χ2v) is 5.18. The monoisotopic (exact) mass is 254 g/mol. The summed E-state index contributed by atoms with van der Waals surface area (Å²) in [6, 6.07) is 5.55. The number of aryl methyl sites for hydroxylation is 1. The highest BCUT2D eigenvalue weighted by molar-refractivity contribution is 7.10. The summed E-state index contributed by atoms with van der Waals surface area (Å²) in [5, 5.41) is 12.2. The van der Waals surface area contributed by atoms with Gasteiger partial charge in [-0.2, -0.15) is 0 Å². The number of benzene rings is 1. The van der Waals surface area contributed by atoms with Crippen molar-refractivity contribution in [2.45, 2.75) is 19.4 Å². The van der Waals surface area contributed by atoms with Crippen LogP contribution in [0.25, 0.3) is 0 Å². The number of aliphatic hydroxyl groups is 1. The van der Waals surface area contributed by atoms with Crippen LogP contribution < -0.4 is 0 Å². The molecular formula is C13H12F2OS. The fourth-order valence-corrected chi connectivity index (χ4v) is 2.72. The standard InChI is InChI=1S/C13H12F2OS/c1-8-9(6-7-17-8)13(2,16)10-4-3-5-11(14)12(10)15/h3-7,16H,1-2H3.